The number of nitrogens with zero attached hydrogens (tertiary/aromatic N) is 4. The highest BCUT2D eigenvalue weighted by Gasteiger charge is 2.29. The molecule has 2 aromatic carbocycles. The molecule has 1 amide bonds. The molecule has 13 heteroatoms. The van der Waals surface area contributed by atoms with Gasteiger partial charge in [0, 0.05) is 49.9 Å². The molecule has 1 saturated heterocycles. The topological polar surface area (TPSA) is 153 Å². The van der Waals surface area contributed by atoms with Crippen LogP contribution in [0, 0.1) is 10.1 Å². The van der Waals surface area contributed by atoms with Crippen LogP contribution in [0.15, 0.2) is 56.6 Å². The van der Waals surface area contributed by atoms with Crippen molar-refractivity contribution in [2.45, 2.75) is 11.4 Å². The van der Waals surface area contributed by atoms with Gasteiger partial charge in [-0.05, 0) is 24.3 Å². The second-order valence-corrected chi connectivity index (χ2v) is 9.29. The zero-order valence-electron chi connectivity index (χ0n) is 17.1. The van der Waals surface area contributed by atoms with Crippen LogP contribution in [0.25, 0.3) is 11.1 Å². The molecule has 1 fully saturated rings. The van der Waals surface area contributed by atoms with Gasteiger partial charge < -0.3 is 9.32 Å². The molecule has 2 heterocycles. The van der Waals surface area contributed by atoms with E-state index < -0.39 is 26.5 Å². The smallest absolute Gasteiger partial charge is 0.408 e. The summed E-state index contributed by atoms with van der Waals surface area (Å²) in [6.45, 7) is 0.466. The second kappa shape index (κ2) is 8.60. The van der Waals surface area contributed by atoms with Crippen LogP contribution in [0.1, 0.15) is 10.4 Å². The summed E-state index contributed by atoms with van der Waals surface area (Å²) in [5.74, 6) is -1.31. The molecule has 33 heavy (non-hydrogen) atoms. The van der Waals surface area contributed by atoms with Crippen molar-refractivity contribution in [3.63, 3.8) is 0 Å². The van der Waals surface area contributed by atoms with Crippen LogP contribution >= 0.6 is 0 Å². The normalized spacial score (nSPS) is 15.0. The molecule has 0 aliphatic carbocycles. The number of nitro groups is 1. The van der Waals surface area contributed by atoms with Crippen molar-refractivity contribution >= 4 is 39.0 Å². The number of fused-ring (bicyclic) bond motifs is 1. The minimum Gasteiger partial charge on any atom is -0.408 e. The predicted octanol–water partition coefficient (Wildman–Crippen LogP) is 0.848. The van der Waals surface area contributed by atoms with Gasteiger partial charge in [-0.1, -0.05) is 0 Å². The third-order valence-corrected chi connectivity index (χ3v) is 7.30. The molecule has 0 N–H and O–H groups in total. The molecule has 0 unspecified atom stereocenters. The Kier molecular flexibility index (Phi) is 5.82. The Morgan fingerprint density at radius 2 is 1.76 bits per heavy atom. The van der Waals surface area contributed by atoms with Gasteiger partial charge in [0.05, 0.1) is 21.9 Å². The molecule has 1 aliphatic heterocycles. The standard InChI is InChI=1S/C20H18N4O8S/c25-13-21-7-9-22(10-8-21)33(30,31)16-5-6-17-19(11-16)32-20(27)23(17)12-18(26)14-1-3-15(4-2-14)24(28)29/h1-6,11,13H,7-10,12H2. The fourth-order valence-corrected chi connectivity index (χ4v) is 5.00. The van der Waals surface area contributed by atoms with Crippen LogP contribution in [0.3, 0.4) is 0 Å². The molecule has 1 aliphatic rings. The summed E-state index contributed by atoms with van der Waals surface area (Å²) in [4.78, 5) is 47.3. The van der Waals surface area contributed by atoms with Gasteiger partial charge in [0.15, 0.2) is 11.4 Å². The number of rotatable bonds is 7. The number of ketones is 1. The van der Waals surface area contributed by atoms with E-state index in [1.54, 1.807) is 0 Å². The molecule has 0 atom stereocenters. The first kappa shape index (κ1) is 22.4. The van der Waals surface area contributed by atoms with Crippen molar-refractivity contribution in [1.29, 1.82) is 0 Å². The molecule has 0 saturated carbocycles. The first-order valence-electron chi connectivity index (χ1n) is 9.81. The summed E-state index contributed by atoms with van der Waals surface area (Å²) in [6, 6.07) is 8.91. The van der Waals surface area contributed by atoms with Gasteiger partial charge >= 0.3 is 5.76 Å². The molecule has 172 valence electrons. The van der Waals surface area contributed by atoms with E-state index in [-0.39, 0.29) is 60.0 Å². The van der Waals surface area contributed by atoms with Crippen LogP contribution in [0.2, 0.25) is 0 Å². The van der Waals surface area contributed by atoms with Crippen molar-refractivity contribution in [3.8, 4) is 0 Å². The van der Waals surface area contributed by atoms with Gasteiger partial charge in [-0.2, -0.15) is 4.31 Å². The molecule has 4 rings (SSSR count). The van der Waals surface area contributed by atoms with Gasteiger partial charge in [-0.15, -0.1) is 0 Å². The molecular formula is C20H18N4O8S. The zero-order valence-corrected chi connectivity index (χ0v) is 17.9. The van der Waals surface area contributed by atoms with E-state index in [1.165, 1.54) is 51.7 Å². The SMILES string of the molecule is O=CN1CCN(S(=O)(=O)c2ccc3c(c2)oc(=O)n3CC(=O)c2ccc([N+](=O)[O-])cc2)CC1. The fourth-order valence-electron chi connectivity index (χ4n) is 3.56. The molecule has 0 radical (unpaired) electrons. The second-order valence-electron chi connectivity index (χ2n) is 7.36. The maximum atomic E-state index is 12.9. The Morgan fingerprint density at radius 1 is 1.09 bits per heavy atom. The summed E-state index contributed by atoms with van der Waals surface area (Å²) in [5, 5.41) is 10.8. The average molecular weight is 474 g/mol. The first-order chi connectivity index (χ1) is 15.7. The summed E-state index contributed by atoms with van der Waals surface area (Å²) < 4.78 is 33.4. The molecule has 0 spiro atoms. The lowest BCUT2D eigenvalue weighted by Gasteiger charge is -2.31. The largest absolute Gasteiger partial charge is 0.420 e. The number of carbonyl (C=O) groups is 2. The number of benzene rings is 2. The number of amides is 1. The number of nitro benzene ring substituents is 1. The number of sulfonamides is 1. The molecule has 3 aromatic rings. The van der Waals surface area contributed by atoms with E-state index in [0.717, 1.165) is 4.57 Å². The van der Waals surface area contributed by atoms with Crippen molar-refractivity contribution in [3.05, 3.63) is 68.7 Å². The van der Waals surface area contributed by atoms with Gasteiger partial charge in [-0.3, -0.25) is 24.3 Å². The molecular weight excluding hydrogens is 456 g/mol. The first-order valence-corrected chi connectivity index (χ1v) is 11.3. The monoisotopic (exact) mass is 474 g/mol. The van der Waals surface area contributed by atoms with E-state index in [0.29, 0.717) is 6.41 Å². The average Bonchev–Trinajstić information content (AvgIpc) is 3.13. The van der Waals surface area contributed by atoms with E-state index in [9.17, 15) is 32.9 Å². The van der Waals surface area contributed by atoms with E-state index in [2.05, 4.69) is 0 Å². The third-order valence-electron chi connectivity index (χ3n) is 5.40. The highest BCUT2D eigenvalue weighted by atomic mass is 32.2. The Bertz CT molecular complexity index is 1400. The quantitative estimate of drug-likeness (QED) is 0.211. The highest BCUT2D eigenvalue weighted by Crippen LogP contribution is 2.23. The number of hydrogen-bond acceptors (Lipinski definition) is 8. The highest BCUT2D eigenvalue weighted by molar-refractivity contribution is 7.89. The molecule has 12 nitrogen and oxygen atoms in total. The zero-order chi connectivity index (χ0) is 23.8. The van der Waals surface area contributed by atoms with E-state index >= 15 is 0 Å². The third kappa shape index (κ3) is 4.27. The van der Waals surface area contributed by atoms with Crippen LogP contribution in [-0.2, 0) is 21.4 Å². The maximum absolute atomic E-state index is 12.9. The Morgan fingerprint density at radius 3 is 2.36 bits per heavy atom. The lowest BCUT2D eigenvalue weighted by atomic mass is 10.1. The fraction of sp³-hybridized carbons (Fsp3) is 0.250. The summed E-state index contributed by atoms with van der Waals surface area (Å²) >= 11 is 0. The lowest BCUT2D eigenvalue weighted by molar-refractivity contribution is -0.384. The summed E-state index contributed by atoms with van der Waals surface area (Å²) in [7, 11) is -3.87. The minimum atomic E-state index is -3.87. The Hall–Kier alpha value is -3.84. The number of non-ortho nitro benzene ring substituents is 1. The number of carbonyl (C=O) groups excluding carboxylic acids is 2. The molecule has 0 bridgehead atoms. The maximum Gasteiger partial charge on any atom is 0.420 e. The summed E-state index contributed by atoms with van der Waals surface area (Å²) in [6.07, 6.45) is 0.672. The van der Waals surface area contributed by atoms with E-state index in [4.69, 9.17) is 4.42 Å². The van der Waals surface area contributed by atoms with Gasteiger partial charge in [0.1, 0.15) is 0 Å². The number of hydrogen-bond donors (Lipinski definition) is 0. The van der Waals surface area contributed by atoms with Gasteiger partial charge in [0.2, 0.25) is 16.4 Å². The predicted molar refractivity (Wildman–Crippen MR) is 114 cm³/mol. The van der Waals surface area contributed by atoms with Crippen molar-refractivity contribution < 1.29 is 27.3 Å². The van der Waals surface area contributed by atoms with Crippen LogP contribution in [0.5, 0.6) is 0 Å². The van der Waals surface area contributed by atoms with Crippen LogP contribution < -0.4 is 5.76 Å². The Labute approximate surface area is 186 Å². The van der Waals surface area contributed by atoms with Crippen molar-refractivity contribution in [1.82, 2.24) is 13.8 Å². The number of Topliss-reactive ketones (excluding diaryl/α,β-unsaturated/α-hetero) is 1. The van der Waals surface area contributed by atoms with Crippen molar-refractivity contribution in [2.75, 3.05) is 26.2 Å². The lowest BCUT2D eigenvalue weighted by Crippen LogP contribution is -2.47. The van der Waals surface area contributed by atoms with Crippen LogP contribution in [-0.4, -0.2) is 65.5 Å². The van der Waals surface area contributed by atoms with Crippen LogP contribution in [0.4, 0.5) is 5.69 Å². The molecule has 1 aromatic heterocycles. The van der Waals surface area contributed by atoms with E-state index in [1.807, 2.05) is 0 Å². The number of aromatic nitrogens is 1. The minimum absolute atomic E-state index is 0.00380. The Balaban J connectivity index is 1.59. The summed E-state index contributed by atoms with van der Waals surface area (Å²) in [5.41, 5.74) is 0.249. The number of piperazine rings is 1. The number of oxazole rings is 1. The van der Waals surface area contributed by atoms with Gasteiger partial charge in [-0.25, -0.2) is 13.2 Å². The van der Waals surface area contributed by atoms with Gasteiger partial charge in [0.25, 0.3) is 5.69 Å². The van der Waals surface area contributed by atoms with Crippen molar-refractivity contribution in [2.24, 2.45) is 0 Å².